The highest BCUT2D eigenvalue weighted by Crippen LogP contribution is 2.35. The lowest BCUT2D eigenvalue weighted by Gasteiger charge is -2.29. The molecule has 3 heteroatoms. The molecule has 1 amide bonds. The SMILES string of the molecule is CCC1(Cc2cccc(OC)c2)CCCCNC1=O. The van der Waals surface area contributed by atoms with Gasteiger partial charge < -0.3 is 10.1 Å². The van der Waals surface area contributed by atoms with Crippen LogP contribution in [-0.2, 0) is 11.2 Å². The Kier molecular flexibility index (Phi) is 4.46. The third-order valence-electron chi connectivity index (χ3n) is 4.20. The van der Waals surface area contributed by atoms with Crippen LogP contribution in [-0.4, -0.2) is 19.6 Å². The Balaban J connectivity index is 2.23. The summed E-state index contributed by atoms with van der Waals surface area (Å²) in [4.78, 5) is 12.4. The Morgan fingerprint density at radius 3 is 2.95 bits per heavy atom. The second kappa shape index (κ2) is 6.09. The molecule has 1 aliphatic rings. The second-order valence-corrected chi connectivity index (χ2v) is 5.38. The Morgan fingerprint density at radius 2 is 2.21 bits per heavy atom. The van der Waals surface area contributed by atoms with Crippen molar-refractivity contribution in [3.05, 3.63) is 29.8 Å². The van der Waals surface area contributed by atoms with E-state index < -0.39 is 0 Å². The zero-order chi connectivity index (χ0) is 13.7. The summed E-state index contributed by atoms with van der Waals surface area (Å²) < 4.78 is 5.26. The van der Waals surface area contributed by atoms with E-state index in [9.17, 15) is 4.79 Å². The molecule has 19 heavy (non-hydrogen) atoms. The highest BCUT2D eigenvalue weighted by Gasteiger charge is 2.37. The molecule has 1 aromatic rings. The number of ether oxygens (including phenoxy) is 1. The van der Waals surface area contributed by atoms with E-state index in [1.165, 1.54) is 5.56 Å². The Bertz CT molecular complexity index is 444. The van der Waals surface area contributed by atoms with Crippen molar-refractivity contribution in [1.82, 2.24) is 5.32 Å². The van der Waals surface area contributed by atoms with Crippen LogP contribution in [0.25, 0.3) is 0 Å². The lowest BCUT2D eigenvalue weighted by Crippen LogP contribution is -2.40. The maximum absolute atomic E-state index is 12.4. The van der Waals surface area contributed by atoms with E-state index >= 15 is 0 Å². The fourth-order valence-corrected chi connectivity index (χ4v) is 2.90. The molecule has 1 aromatic carbocycles. The number of benzene rings is 1. The van der Waals surface area contributed by atoms with Crippen LogP contribution in [0.4, 0.5) is 0 Å². The highest BCUT2D eigenvalue weighted by atomic mass is 16.5. The molecule has 0 aliphatic carbocycles. The number of hydrogen-bond acceptors (Lipinski definition) is 2. The fourth-order valence-electron chi connectivity index (χ4n) is 2.90. The van der Waals surface area contributed by atoms with E-state index in [0.29, 0.717) is 0 Å². The minimum Gasteiger partial charge on any atom is -0.497 e. The van der Waals surface area contributed by atoms with Gasteiger partial charge in [0.2, 0.25) is 5.91 Å². The second-order valence-electron chi connectivity index (χ2n) is 5.38. The lowest BCUT2D eigenvalue weighted by atomic mass is 9.75. The number of methoxy groups -OCH3 is 1. The molecule has 1 unspecified atom stereocenters. The number of nitrogens with one attached hydrogen (secondary N) is 1. The number of amides is 1. The van der Waals surface area contributed by atoms with Crippen LogP contribution in [0, 0.1) is 5.41 Å². The Morgan fingerprint density at radius 1 is 1.37 bits per heavy atom. The standard InChI is InChI=1S/C16H23NO2/c1-3-16(9-4-5-10-17-15(16)18)12-13-7-6-8-14(11-13)19-2/h6-8,11H,3-5,9-10,12H2,1-2H3,(H,17,18). The molecule has 3 nitrogen and oxygen atoms in total. The summed E-state index contributed by atoms with van der Waals surface area (Å²) in [6.07, 6.45) is 4.87. The van der Waals surface area contributed by atoms with Gasteiger partial charge in [0, 0.05) is 6.54 Å². The molecule has 2 rings (SSSR count). The zero-order valence-corrected chi connectivity index (χ0v) is 11.9. The van der Waals surface area contributed by atoms with Crippen LogP contribution < -0.4 is 10.1 Å². The quantitative estimate of drug-likeness (QED) is 0.905. The molecule has 0 aromatic heterocycles. The lowest BCUT2D eigenvalue weighted by molar-refractivity contribution is -0.131. The van der Waals surface area contributed by atoms with Crippen molar-refractivity contribution in [1.29, 1.82) is 0 Å². The van der Waals surface area contributed by atoms with Gasteiger partial charge in [0.1, 0.15) is 5.75 Å². The predicted molar refractivity (Wildman–Crippen MR) is 76.3 cm³/mol. The van der Waals surface area contributed by atoms with Gasteiger partial charge in [0.05, 0.1) is 12.5 Å². The van der Waals surface area contributed by atoms with Gasteiger partial charge in [0.25, 0.3) is 0 Å². The van der Waals surface area contributed by atoms with Crippen molar-refractivity contribution in [3.63, 3.8) is 0 Å². The van der Waals surface area contributed by atoms with Gasteiger partial charge in [-0.25, -0.2) is 0 Å². The molecular formula is C16H23NO2. The van der Waals surface area contributed by atoms with E-state index in [-0.39, 0.29) is 11.3 Å². The van der Waals surface area contributed by atoms with Gasteiger partial charge in [-0.2, -0.15) is 0 Å². The van der Waals surface area contributed by atoms with Crippen molar-refractivity contribution < 1.29 is 9.53 Å². The molecule has 1 heterocycles. The molecule has 0 saturated carbocycles. The highest BCUT2D eigenvalue weighted by molar-refractivity contribution is 5.83. The Labute approximate surface area is 115 Å². The first-order chi connectivity index (χ1) is 9.20. The molecule has 1 aliphatic heterocycles. The van der Waals surface area contributed by atoms with E-state index in [0.717, 1.165) is 44.4 Å². The van der Waals surface area contributed by atoms with E-state index in [1.807, 2.05) is 18.2 Å². The van der Waals surface area contributed by atoms with Gasteiger partial charge >= 0.3 is 0 Å². The summed E-state index contributed by atoms with van der Waals surface area (Å²) in [7, 11) is 1.67. The molecular weight excluding hydrogens is 238 g/mol. The summed E-state index contributed by atoms with van der Waals surface area (Å²) in [5.74, 6) is 1.08. The van der Waals surface area contributed by atoms with Crippen LogP contribution >= 0.6 is 0 Å². The minimum atomic E-state index is -0.247. The number of rotatable bonds is 4. The van der Waals surface area contributed by atoms with Gasteiger partial charge in [-0.15, -0.1) is 0 Å². The summed E-state index contributed by atoms with van der Waals surface area (Å²) in [6.45, 7) is 2.93. The van der Waals surface area contributed by atoms with Crippen LogP contribution in [0.15, 0.2) is 24.3 Å². The van der Waals surface area contributed by atoms with Crippen LogP contribution in [0.1, 0.15) is 38.2 Å². The zero-order valence-electron chi connectivity index (χ0n) is 11.9. The van der Waals surface area contributed by atoms with Crippen molar-refractivity contribution >= 4 is 5.91 Å². The topological polar surface area (TPSA) is 38.3 Å². The first-order valence-electron chi connectivity index (χ1n) is 7.11. The normalized spacial score (nSPS) is 23.6. The third-order valence-corrected chi connectivity index (χ3v) is 4.20. The Hall–Kier alpha value is -1.51. The summed E-state index contributed by atoms with van der Waals surface area (Å²) >= 11 is 0. The molecule has 0 radical (unpaired) electrons. The van der Waals surface area contributed by atoms with Crippen molar-refractivity contribution in [2.45, 2.75) is 39.0 Å². The van der Waals surface area contributed by atoms with Crippen molar-refractivity contribution in [2.75, 3.05) is 13.7 Å². The number of carbonyl (C=O) groups is 1. The largest absolute Gasteiger partial charge is 0.497 e. The minimum absolute atomic E-state index is 0.218. The van der Waals surface area contributed by atoms with E-state index in [2.05, 4.69) is 18.3 Å². The summed E-state index contributed by atoms with van der Waals surface area (Å²) in [5.41, 5.74) is 0.932. The average Bonchev–Trinajstić information content (AvgIpc) is 2.62. The molecule has 1 saturated heterocycles. The molecule has 1 atom stereocenters. The van der Waals surface area contributed by atoms with Gasteiger partial charge in [-0.05, 0) is 43.4 Å². The third kappa shape index (κ3) is 3.09. The molecule has 1 N–H and O–H groups in total. The van der Waals surface area contributed by atoms with Crippen LogP contribution in [0.2, 0.25) is 0 Å². The molecule has 1 fully saturated rings. The van der Waals surface area contributed by atoms with E-state index in [1.54, 1.807) is 7.11 Å². The average molecular weight is 261 g/mol. The van der Waals surface area contributed by atoms with Crippen LogP contribution in [0.3, 0.4) is 0 Å². The predicted octanol–water partition coefficient (Wildman–Crippen LogP) is 2.93. The maximum atomic E-state index is 12.4. The van der Waals surface area contributed by atoms with Crippen molar-refractivity contribution in [2.24, 2.45) is 5.41 Å². The first kappa shape index (κ1) is 13.9. The van der Waals surface area contributed by atoms with Crippen molar-refractivity contribution in [3.8, 4) is 5.75 Å². The molecule has 104 valence electrons. The molecule has 0 spiro atoms. The summed E-state index contributed by atoms with van der Waals surface area (Å²) in [6, 6.07) is 8.05. The van der Waals surface area contributed by atoms with Gasteiger partial charge in [0.15, 0.2) is 0 Å². The van der Waals surface area contributed by atoms with Gasteiger partial charge in [-0.3, -0.25) is 4.79 Å². The summed E-state index contributed by atoms with van der Waals surface area (Å²) in [5, 5.41) is 3.07. The fraction of sp³-hybridized carbons (Fsp3) is 0.562. The smallest absolute Gasteiger partial charge is 0.226 e. The first-order valence-corrected chi connectivity index (χ1v) is 7.11. The molecule has 0 bridgehead atoms. The monoisotopic (exact) mass is 261 g/mol. The van der Waals surface area contributed by atoms with Crippen LogP contribution in [0.5, 0.6) is 5.75 Å². The number of hydrogen-bond donors (Lipinski definition) is 1. The van der Waals surface area contributed by atoms with Gasteiger partial charge in [-0.1, -0.05) is 25.5 Å². The van der Waals surface area contributed by atoms with E-state index in [4.69, 9.17) is 4.74 Å². The maximum Gasteiger partial charge on any atom is 0.226 e. The number of carbonyl (C=O) groups excluding carboxylic acids is 1.